The van der Waals surface area contributed by atoms with Crippen LogP contribution in [0.2, 0.25) is 0 Å². The standard InChI is InChI=1S/C21H25NO6/c1-14(2)22(15-9-7-6-8-10-15)18(23)13-28-21(24)16-11-12-17(25-3)20(27-5)19(16)26-4/h6-12,14H,13H2,1-5H3. The molecule has 0 aliphatic heterocycles. The third-order valence-electron chi connectivity index (χ3n) is 4.07. The number of nitrogens with zero attached hydrogens (tertiary/aromatic N) is 1. The maximum Gasteiger partial charge on any atom is 0.342 e. The fraction of sp³-hybridized carbons (Fsp3) is 0.333. The van der Waals surface area contributed by atoms with Gasteiger partial charge < -0.3 is 23.8 Å². The van der Waals surface area contributed by atoms with Crippen molar-refractivity contribution in [2.24, 2.45) is 0 Å². The summed E-state index contributed by atoms with van der Waals surface area (Å²) < 4.78 is 21.0. The number of rotatable bonds is 8. The lowest BCUT2D eigenvalue weighted by molar-refractivity contribution is -0.122. The largest absolute Gasteiger partial charge is 0.493 e. The molecular weight excluding hydrogens is 362 g/mol. The van der Waals surface area contributed by atoms with Gasteiger partial charge in [0.05, 0.1) is 21.3 Å². The number of esters is 1. The second-order valence-electron chi connectivity index (χ2n) is 6.15. The monoisotopic (exact) mass is 387 g/mol. The highest BCUT2D eigenvalue weighted by molar-refractivity contribution is 5.99. The SMILES string of the molecule is COc1ccc(C(=O)OCC(=O)N(c2ccccc2)C(C)C)c(OC)c1OC. The smallest absolute Gasteiger partial charge is 0.342 e. The zero-order valence-corrected chi connectivity index (χ0v) is 16.7. The van der Waals surface area contributed by atoms with Crippen LogP contribution in [0.15, 0.2) is 42.5 Å². The highest BCUT2D eigenvalue weighted by atomic mass is 16.5. The minimum absolute atomic E-state index is 0.0933. The molecule has 0 spiro atoms. The Hall–Kier alpha value is -3.22. The molecule has 0 atom stereocenters. The van der Waals surface area contributed by atoms with Crippen LogP contribution in [0.1, 0.15) is 24.2 Å². The van der Waals surface area contributed by atoms with E-state index in [9.17, 15) is 9.59 Å². The Morgan fingerprint density at radius 3 is 2.07 bits per heavy atom. The molecule has 1 amide bonds. The van der Waals surface area contributed by atoms with Crippen LogP contribution in [0.4, 0.5) is 5.69 Å². The number of methoxy groups -OCH3 is 3. The van der Waals surface area contributed by atoms with E-state index in [1.54, 1.807) is 11.0 Å². The number of carbonyl (C=O) groups excluding carboxylic acids is 2. The van der Waals surface area contributed by atoms with E-state index in [1.807, 2.05) is 44.2 Å². The number of carbonyl (C=O) groups is 2. The highest BCUT2D eigenvalue weighted by Gasteiger charge is 2.24. The first-order valence-corrected chi connectivity index (χ1v) is 8.77. The number of para-hydroxylation sites is 1. The molecule has 2 aromatic carbocycles. The van der Waals surface area contributed by atoms with Gasteiger partial charge in [-0.1, -0.05) is 18.2 Å². The molecule has 0 heterocycles. The Morgan fingerprint density at radius 2 is 1.54 bits per heavy atom. The molecule has 0 fully saturated rings. The highest BCUT2D eigenvalue weighted by Crippen LogP contribution is 2.39. The van der Waals surface area contributed by atoms with E-state index < -0.39 is 12.6 Å². The lowest BCUT2D eigenvalue weighted by atomic mass is 10.1. The summed E-state index contributed by atoms with van der Waals surface area (Å²) >= 11 is 0. The number of anilines is 1. The van der Waals surface area contributed by atoms with Gasteiger partial charge >= 0.3 is 5.97 Å². The van der Waals surface area contributed by atoms with Gasteiger partial charge in [0.25, 0.3) is 5.91 Å². The zero-order valence-electron chi connectivity index (χ0n) is 16.7. The number of hydrogen-bond donors (Lipinski definition) is 0. The molecule has 2 rings (SSSR count). The molecule has 0 radical (unpaired) electrons. The lowest BCUT2D eigenvalue weighted by Gasteiger charge is -2.26. The predicted molar refractivity (Wildman–Crippen MR) is 105 cm³/mol. The van der Waals surface area contributed by atoms with Crippen molar-refractivity contribution in [1.82, 2.24) is 0 Å². The van der Waals surface area contributed by atoms with Gasteiger partial charge in [0.1, 0.15) is 5.56 Å². The molecule has 7 nitrogen and oxygen atoms in total. The first-order chi connectivity index (χ1) is 13.4. The maximum atomic E-state index is 12.7. The molecule has 7 heteroatoms. The molecule has 28 heavy (non-hydrogen) atoms. The molecule has 0 bridgehead atoms. The fourth-order valence-electron chi connectivity index (χ4n) is 2.86. The summed E-state index contributed by atoms with van der Waals surface area (Å²) in [4.78, 5) is 26.8. The average Bonchev–Trinajstić information content (AvgIpc) is 2.71. The van der Waals surface area contributed by atoms with Gasteiger partial charge in [0, 0.05) is 11.7 Å². The van der Waals surface area contributed by atoms with Crippen LogP contribution < -0.4 is 19.1 Å². The minimum atomic E-state index is -0.692. The van der Waals surface area contributed by atoms with Crippen LogP contribution in [0.3, 0.4) is 0 Å². The van der Waals surface area contributed by atoms with Crippen LogP contribution in [-0.4, -0.2) is 45.9 Å². The molecule has 150 valence electrons. The van der Waals surface area contributed by atoms with E-state index in [2.05, 4.69) is 0 Å². The van der Waals surface area contributed by atoms with E-state index in [1.165, 1.54) is 27.4 Å². The molecule has 0 unspecified atom stereocenters. The second-order valence-corrected chi connectivity index (χ2v) is 6.15. The minimum Gasteiger partial charge on any atom is -0.493 e. The predicted octanol–water partition coefficient (Wildman–Crippen LogP) is 3.31. The summed E-state index contributed by atoms with van der Waals surface area (Å²) in [6.45, 7) is 3.39. The molecule has 0 saturated carbocycles. The number of amides is 1. The van der Waals surface area contributed by atoms with E-state index in [0.29, 0.717) is 5.75 Å². The van der Waals surface area contributed by atoms with Gasteiger partial charge in [-0.05, 0) is 38.1 Å². The lowest BCUT2D eigenvalue weighted by Crippen LogP contribution is -2.39. The van der Waals surface area contributed by atoms with Gasteiger partial charge in [-0.15, -0.1) is 0 Å². The topological polar surface area (TPSA) is 74.3 Å². The van der Waals surface area contributed by atoms with E-state index in [4.69, 9.17) is 18.9 Å². The van der Waals surface area contributed by atoms with Crippen LogP contribution in [-0.2, 0) is 9.53 Å². The van der Waals surface area contributed by atoms with Crippen LogP contribution >= 0.6 is 0 Å². The summed E-state index contributed by atoms with van der Waals surface area (Å²) in [7, 11) is 4.34. The normalized spacial score (nSPS) is 10.4. The van der Waals surface area contributed by atoms with Gasteiger partial charge in [0.2, 0.25) is 5.75 Å². The van der Waals surface area contributed by atoms with Crippen molar-refractivity contribution < 1.29 is 28.5 Å². The van der Waals surface area contributed by atoms with Crippen molar-refractivity contribution in [2.45, 2.75) is 19.9 Å². The average molecular weight is 387 g/mol. The maximum absolute atomic E-state index is 12.7. The zero-order chi connectivity index (χ0) is 20.7. The summed E-state index contributed by atoms with van der Waals surface area (Å²) in [6, 6.07) is 12.2. The summed E-state index contributed by atoms with van der Waals surface area (Å²) in [5.41, 5.74) is 0.881. The first kappa shape index (κ1) is 21.1. The summed E-state index contributed by atoms with van der Waals surface area (Å²) in [6.07, 6.45) is 0. The van der Waals surface area contributed by atoms with Gasteiger partial charge in [-0.3, -0.25) is 4.79 Å². The third kappa shape index (κ3) is 4.54. The van der Waals surface area contributed by atoms with Gasteiger partial charge in [0.15, 0.2) is 18.1 Å². The Bertz CT molecular complexity index is 819. The first-order valence-electron chi connectivity index (χ1n) is 8.77. The van der Waals surface area contributed by atoms with E-state index in [-0.39, 0.29) is 29.0 Å². The molecule has 0 saturated heterocycles. The molecular formula is C21H25NO6. The van der Waals surface area contributed by atoms with Crippen molar-refractivity contribution in [3.05, 3.63) is 48.0 Å². The van der Waals surface area contributed by atoms with Crippen molar-refractivity contribution in [2.75, 3.05) is 32.8 Å². The molecule has 0 aliphatic rings. The van der Waals surface area contributed by atoms with Crippen LogP contribution in [0, 0.1) is 0 Å². The Balaban J connectivity index is 2.18. The van der Waals surface area contributed by atoms with Gasteiger partial charge in [-0.2, -0.15) is 0 Å². The van der Waals surface area contributed by atoms with E-state index in [0.717, 1.165) is 5.69 Å². The van der Waals surface area contributed by atoms with E-state index >= 15 is 0 Å². The van der Waals surface area contributed by atoms with Gasteiger partial charge in [-0.25, -0.2) is 4.79 Å². The Morgan fingerprint density at radius 1 is 0.893 bits per heavy atom. The van der Waals surface area contributed by atoms with Crippen molar-refractivity contribution in [3.8, 4) is 17.2 Å². The molecule has 0 aliphatic carbocycles. The van der Waals surface area contributed by atoms with Crippen molar-refractivity contribution in [1.29, 1.82) is 0 Å². The molecule has 0 aromatic heterocycles. The molecule has 2 aromatic rings. The summed E-state index contributed by atoms with van der Waals surface area (Å²) in [5, 5.41) is 0. The molecule has 0 N–H and O–H groups in total. The second kappa shape index (κ2) is 9.64. The van der Waals surface area contributed by atoms with Crippen LogP contribution in [0.25, 0.3) is 0 Å². The Labute approximate surface area is 164 Å². The fourth-order valence-corrected chi connectivity index (χ4v) is 2.86. The number of ether oxygens (including phenoxy) is 4. The number of hydrogen-bond acceptors (Lipinski definition) is 6. The number of benzene rings is 2. The summed E-state index contributed by atoms with van der Waals surface area (Å²) in [5.74, 6) is -0.138. The quantitative estimate of drug-likeness (QED) is 0.647. The Kier molecular flexibility index (Phi) is 7.26. The third-order valence-corrected chi connectivity index (χ3v) is 4.07. The van der Waals surface area contributed by atoms with Crippen molar-refractivity contribution >= 4 is 17.6 Å². The van der Waals surface area contributed by atoms with Crippen LogP contribution in [0.5, 0.6) is 17.2 Å². The van der Waals surface area contributed by atoms with Crippen molar-refractivity contribution in [3.63, 3.8) is 0 Å².